The molecule has 0 unspecified atom stereocenters. The van der Waals surface area contributed by atoms with Gasteiger partial charge >= 0.3 is 5.97 Å². The SMILES string of the molecule is COC(=O)c1c(C)cc(N2CCN(C(=O)c3cnc(NCCC(C)C)c(CC4CCC4)n3)C(C)(C)C2)nc1C. The van der Waals surface area contributed by atoms with Crippen LogP contribution in [-0.2, 0) is 11.2 Å². The number of piperazine rings is 1. The van der Waals surface area contributed by atoms with Crippen molar-refractivity contribution < 1.29 is 14.3 Å². The maximum atomic E-state index is 13.8. The van der Waals surface area contributed by atoms with Crippen LogP contribution in [0.15, 0.2) is 12.3 Å². The zero-order valence-electron chi connectivity index (χ0n) is 24.6. The Morgan fingerprint density at radius 1 is 1.18 bits per heavy atom. The van der Waals surface area contributed by atoms with Gasteiger partial charge in [-0.15, -0.1) is 0 Å². The number of nitrogens with one attached hydrogen (secondary N) is 1. The normalized spacial score (nSPS) is 17.2. The van der Waals surface area contributed by atoms with Crippen molar-refractivity contribution in [2.45, 2.75) is 79.2 Å². The largest absolute Gasteiger partial charge is 0.465 e. The molecule has 1 aliphatic heterocycles. The van der Waals surface area contributed by atoms with Gasteiger partial charge in [0.2, 0.25) is 0 Å². The Morgan fingerprint density at radius 2 is 1.92 bits per heavy atom. The number of aromatic nitrogens is 3. The molecule has 2 aromatic rings. The monoisotopic (exact) mass is 536 g/mol. The predicted octanol–water partition coefficient (Wildman–Crippen LogP) is 4.82. The number of esters is 1. The minimum Gasteiger partial charge on any atom is -0.465 e. The summed E-state index contributed by atoms with van der Waals surface area (Å²) in [6.45, 7) is 14.9. The lowest BCUT2D eigenvalue weighted by Gasteiger charge is -2.47. The van der Waals surface area contributed by atoms with Gasteiger partial charge in [-0.05, 0) is 64.0 Å². The molecule has 0 aromatic carbocycles. The third-order valence-electron chi connectivity index (χ3n) is 8.03. The van der Waals surface area contributed by atoms with Gasteiger partial charge in [-0.2, -0.15) is 0 Å². The predicted molar refractivity (Wildman–Crippen MR) is 153 cm³/mol. The maximum absolute atomic E-state index is 13.8. The average Bonchev–Trinajstić information content (AvgIpc) is 2.85. The number of ether oxygens (including phenoxy) is 1. The number of aryl methyl sites for hydroxylation is 2. The summed E-state index contributed by atoms with van der Waals surface area (Å²) in [5, 5.41) is 3.47. The van der Waals surface area contributed by atoms with Crippen LogP contribution >= 0.6 is 0 Å². The number of rotatable bonds is 9. The number of hydrogen-bond donors (Lipinski definition) is 1. The van der Waals surface area contributed by atoms with Crippen LogP contribution in [0.2, 0.25) is 0 Å². The van der Waals surface area contributed by atoms with Gasteiger partial charge in [-0.25, -0.2) is 19.7 Å². The molecule has 2 aromatic heterocycles. The van der Waals surface area contributed by atoms with Gasteiger partial charge in [0.05, 0.1) is 35.8 Å². The fourth-order valence-corrected chi connectivity index (χ4v) is 5.52. The standard InChI is InChI=1S/C30H44N6O3/c1-19(2)11-12-31-27-23(16-22-9-8-10-22)34-24(17-32-27)28(37)36-14-13-35(18-30(36,5)6)25-15-20(3)26(21(4)33-25)29(38)39-7/h15,17,19,22H,8-14,16,18H2,1-7H3,(H,31,32). The number of nitrogens with zero attached hydrogens (tertiary/aromatic N) is 5. The Hall–Kier alpha value is -3.23. The van der Waals surface area contributed by atoms with Gasteiger partial charge in [0.15, 0.2) is 0 Å². The highest BCUT2D eigenvalue weighted by atomic mass is 16.5. The highest BCUT2D eigenvalue weighted by Crippen LogP contribution is 2.32. The summed E-state index contributed by atoms with van der Waals surface area (Å²) >= 11 is 0. The lowest BCUT2D eigenvalue weighted by atomic mass is 9.82. The van der Waals surface area contributed by atoms with Gasteiger partial charge in [0.1, 0.15) is 17.3 Å². The summed E-state index contributed by atoms with van der Waals surface area (Å²) in [6, 6.07) is 1.93. The van der Waals surface area contributed by atoms with Crippen molar-refractivity contribution in [2.24, 2.45) is 11.8 Å². The number of pyridine rings is 1. The van der Waals surface area contributed by atoms with Gasteiger partial charge < -0.3 is 19.9 Å². The van der Waals surface area contributed by atoms with Crippen molar-refractivity contribution in [1.29, 1.82) is 0 Å². The second kappa shape index (κ2) is 11.9. The van der Waals surface area contributed by atoms with Crippen molar-refractivity contribution in [1.82, 2.24) is 19.9 Å². The Balaban J connectivity index is 1.51. The van der Waals surface area contributed by atoms with Crippen molar-refractivity contribution in [2.75, 3.05) is 43.5 Å². The molecule has 0 bridgehead atoms. The van der Waals surface area contributed by atoms with Crippen molar-refractivity contribution in [3.8, 4) is 0 Å². The summed E-state index contributed by atoms with van der Waals surface area (Å²) < 4.78 is 4.92. The van der Waals surface area contributed by atoms with Crippen LogP contribution in [0.5, 0.6) is 0 Å². The van der Waals surface area contributed by atoms with E-state index in [0.29, 0.717) is 48.4 Å². The molecule has 0 radical (unpaired) electrons. The Labute approximate surface area is 232 Å². The van der Waals surface area contributed by atoms with Gasteiger partial charge in [0.25, 0.3) is 5.91 Å². The van der Waals surface area contributed by atoms with E-state index in [1.807, 2.05) is 24.8 Å². The highest BCUT2D eigenvalue weighted by Gasteiger charge is 2.38. The molecule has 0 spiro atoms. The molecule has 1 saturated carbocycles. The highest BCUT2D eigenvalue weighted by molar-refractivity contribution is 5.93. The zero-order valence-corrected chi connectivity index (χ0v) is 24.6. The lowest BCUT2D eigenvalue weighted by Crippen LogP contribution is -2.61. The summed E-state index contributed by atoms with van der Waals surface area (Å²) in [4.78, 5) is 44.3. The topological polar surface area (TPSA) is 101 Å². The number of hydrogen-bond acceptors (Lipinski definition) is 8. The van der Waals surface area contributed by atoms with Crippen LogP contribution in [0.25, 0.3) is 0 Å². The molecule has 4 rings (SSSR count). The molecule has 1 aliphatic carbocycles. The van der Waals surface area contributed by atoms with Crippen molar-refractivity contribution in [3.05, 3.63) is 40.5 Å². The minimum absolute atomic E-state index is 0.0860. The van der Waals surface area contributed by atoms with Crippen molar-refractivity contribution in [3.63, 3.8) is 0 Å². The van der Waals surface area contributed by atoms with E-state index >= 15 is 0 Å². The second-order valence-corrected chi connectivity index (χ2v) is 12.1. The van der Waals surface area contributed by atoms with E-state index in [-0.39, 0.29) is 11.9 Å². The van der Waals surface area contributed by atoms with E-state index in [0.717, 1.165) is 42.3 Å². The first-order chi connectivity index (χ1) is 18.5. The van der Waals surface area contributed by atoms with E-state index in [2.05, 4.69) is 42.9 Å². The number of anilines is 2. The number of methoxy groups -OCH3 is 1. The summed E-state index contributed by atoms with van der Waals surface area (Å²) in [6.07, 6.45) is 7.25. The Kier molecular flexibility index (Phi) is 8.76. The van der Waals surface area contributed by atoms with E-state index < -0.39 is 5.54 Å². The zero-order chi connectivity index (χ0) is 28.3. The van der Waals surface area contributed by atoms with E-state index in [4.69, 9.17) is 14.7 Å². The first kappa shape index (κ1) is 28.8. The molecular weight excluding hydrogens is 492 g/mol. The number of carbonyl (C=O) groups excluding carboxylic acids is 2. The van der Waals surface area contributed by atoms with Crippen LogP contribution in [0.3, 0.4) is 0 Å². The summed E-state index contributed by atoms with van der Waals surface area (Å²) in [7, 11) is 1.38. The third kappa shape index (κ3) is 6.50. The fraction of sp³-hybridized carbons (Fsp3) is 0.633. The maximum Gasteiger partial charge on any atom is 0.339 e. The lowest BCUT2D eigenvalue weighted by molar-refractivity contribution is 0.0505. The average molecular weight is 537 g/mol. The molecule has 1 N–H and O–H groups in total. The molecule has 2 fully saturated rings. The molecule has 1 saturated heterocycles. The Bertz CT molecular complexity index is 1180. The van der Waals surface area contributed by atoms with E-state index in [9.17, 15) is 9.59 Å². The molecule has 1 amide bonds. The quantitative estimate of drug-likeness (QED) is 0.456. The molecule has 212 valence electrons. The van der Waals surface area contributed by atoms with Crippen LogP contribution in [0.4, 0.5) is 11.6 Å². The molecule has 3 heterocycles. The van der Waals surface area contributed by atoms with Crippen molar-refractivity contribution >= 4 is 23.5 Å². The minimum atomic E-state index is -0.455. The molecule has 0 atom stereocenters. The molecule has 9 heteroatoms. The summed E-state index contributed by atoms with van der Waals surface area (Å²) in [5.74, 6) is 2.39. The number of carbonyl (C=O) groups is 2. The molecular formula is C30H44N6O3. The van der Waals surface area contributed by atoms with Gasteiger partial charge in [0, 0.05) is 26.2 Å². The second-order valence-electron chi connectivity index (χ2n) is 12.1. The Morgan fingerprint density at radius 3 is 2.51 bits per heavy atom. The summed E-state index contributed by atoms with van der Waals surface area (Å²) in [5.41, 5.74) is 2.84. The van der Waals surface area contributed by atoms with Gasteiger partial charge in [-0.1, -0.05) is 33.1 Å². The first-order valence-corrected chi connectivity index (χ1v) is 14.2. The third-order valence-corrected chi connectivity index (χ3v) is 8.03. The smallest absolute Gasteiger partial charge is 0.339 e. The van der Waals surface area contributed by atoms with Crippen LogP contribution < -0.4 is 10.2 Å². The van der Waals surface area contributed by atoms with Gasteiger partial charge in [-0.3, -0.25) is 4.79 Å². The van der Waals surface area contributed by atoms with Crippen LogP contribution in [0, 0.1) is 25.7 Å². The molecule has 9 nitrogen and oxygen atoms in total. The van der Waals surface area contributed by atoms with E-state index in [1.165, 1.54) is 26.4 Å². The molecule has 2 aliphatic rings. The van der Waals surface area contributed by atoms with Crippen LogP contribution in [-0.4, -0.2) is 70.6 Å². The van der Waals surface area contributed by atoms with E-state index in [1.54, 1.807) is 6.20 Å². The first-order valence-electron chi connectivity index (χ1n) is 14.2. The number of amides is 1. The van der Waals surface area contributed by atoms with Crippen LogP contribution in [0.1, 0.15) is 91.2 Å². The fourth-order valence-electron chi connectivity index (χ4n) is 5.52. The molecule has 39 heavy (non-hydrogen) atoms.